The van der Waals surface area contributed by atoms with Crippen LogP contribution in [0.4, 0.5) is 11.4 Å². The number of hydrogen-bond donors (Lipinski definition) is 1. The van der Waals surface area contributed by atoms with Crippen molar-refractivity contribution in [2.75, 3.05) is 24.6 Å². The van der Waals surface area contributed by atoms with Gasteiger partial charge in [-0.25, -0.2) is 4.79 Å². The number of aliphatic hydroxyl groups excluding tert-OH is 1. The molecule has 0 aliphatic heterocycles. The lowest BCUT2D eigenvalue weighted by Gasteiger charge is -2.21. The predicted molar refractivity (Wildman–Crippen MR) is 59.2 cm³/mol. The second-order valence-electron chi connectivity index (χ2n) is 3.02. The first kappa shape index (κ1) is 11.4. The summed E-state index contributed by atoms with van der Waals surface area (Å²) in [5.41, 5.74) is 1.60. The highest BCUT2D eigenvalue weighted by molar-refractivity contribution is 5.55. The van der Waals surface area contributed by atoms with Crippen molar-refractivity contribution in [1.82, 2.24) is 0 Å². The molecule has 4 nitrogen and oxygen atoms in total. The van der Waals surface area contributed by atoms with E-state index >= 15 is 0 Å². The van der Waals surface area contributed by atoms with Crippen LogP contribution in [0.3, 0.4) is 0 Å². The number of hydrogen-bond acceptors (Lipinski definition) is 4. The maximum absolute atomic E-state index is 10.0. The van der Waals surface area contributed by atoms with Crippen molar-refractivity contribution in [3.8, 4) is 0 Å². The Balaban J connectivity index is 2.81. The summed E-state index contributed by atoms with van der Waals surface area (Å²) in [5.74, 6) is 0. The van der Waals surface area contributed by atoms with E-state index in [0.29, 0.717) is 12.2 Å². The number of likely N-dealkylation sites (N-methyl/N-ethyl adjacent to an activating group) is 1. The fourth-order valence-corrected chi connectivity index (χ4v) is 1.38. The molecular formula is C11H14N2O2. The summed E-state index contributed by atoms with van der Waals surface area (Å²) in [6.07, 6.45) is 1.49. The van der Waals surface area contributed by atoms with E-state index in [1.165, 1.54) is 6.08 Å². The Hall–Kier alpha value is -1.64. The van der Waals surface area contributed by atoms with E-state index in [9.17, 15) is 4.79 Å². The molecule has 0 aromatic heterocycles. The van der Waals surface area contributed by atoms with Crippen LogP contribution in [-0.4, -0.2) is 30.9 Å². The van der Waals surface area contributed by atoms with E-state index in [4.69, 9.17) is 5.11 Å². The highest BCUT2D eigenvalue weighted by Crippen LogP contribution is 2.18. The molecule has 1 aromatic carbocycles. The van der Waals surface area contributed by atoms with Gasteiger partial charge in [-0.05, 0) is 31.2 Å². The molecular weight excluding hydrogens is 192 g/mol. The molecule has 15 heavy (non-hydrogen) atoms. The van der Waals surface area contributed by atoms with Gasteiger partial charge in [0.2, 0.25) is 6.08 Å². The number of isocyanates is 1. The lowest BCUT2D eigenvalue weighted by Crippen LogP contribution is -2.25. The van der Waals surface area contributed by atoms with Crippen LogP contribution in [0.15, 0.2) is 29.3 Å². The first-order valence-electron chi connectivity index (χ1n) is 4.85. The second kappa shape index (κ2) is 5.96. The van der Waals surface area contributed by atoms with Gasteiger partial charge in [0, 0.05) is 18.8 Å². The molecule has 0 amide bonds. The number of aliphatic hydroxyl groups is 1. The highest BCUT2D eigenvalue weighted by Gasteiger charge is 2.02. The van der Waals surface area contributed by atoms with E-state index < -0.39 is 0 Å². The average Bonchev–Trinajstić information content (AvgIpc) is 2.28. The molecule has 0 heterocycles. The van der Waals surface area contributed by atoms with Gasteiger partial charge in [0.25, 0.3) is 0 Å². The first-order valence-corrected chi connectivity index (χ1v) is 4.85. The van der Waals surface area contributed by atoms with Crippen molar-refractivity contribution in [2.24, 2.45) is 4.99 Å². The van der Waals surface area contributed by atoms with E-state index in [1.54, 1.807) is 12.1 Å². The van der Waals surface area contributed by atoms with Gasteiger partial charge in [-0.1, -0.05) is 0 Å². The summed E-state index contributed by atoms with van der Waals surface area (Å²) < 4.78 is 0. The van der Waals surface area contributed by atoms with Gasteiger partial charge in [0.1, 0.15) is 0 Å². The van der Waals surface area contributed by atoms with Gasteiger partial charge >= 0.3 is 0 Å². The van der Waals surface area contributed by atoms with Crippen molar-refractivity contribution < 1.29 is 9.90 Å². The van der Waals surface area contributed by atoms with Crippen LogP contribution >= 0.6 is 0 Å². The minimum absolute atomic E-state index is 0.127. The molecule has 0 bridgehead atoms. The van der Waals surface area contributed by atoms with Gasteiger partial charge in [-0.3, -0.25) is 0 Å². The summed E-state index contributed by atoms with van der Waals surface area (Å²) in [4.78, 5) is 15.6. The van der Waals surface area contributed by atoms with Gasteiger partial charge < -0.3 is 10.0 Å². The fourth-order valence-electron chi connectivity index (χ4n) is 1.38. The maximum atomic E-state index is 10.0. The van der Waals surface area contributed by atoms with E-state index in [1.807, 2.05) is 24.0 Å². The number of carbonyl (C=O) groups excluding carboxylic acids is 1. The van der Waals surface area contributed by atoms with Crippen LogP contribution in [0.5, 0.6) is 0 Å². The molecule has 0 atom stereocenters. The van der Waals surface area contributed by atoms with Gasteiger partial charge in [0.15, 0.2) is 0 Å². The zero-order valence-corrected chi connectivity index (χ0v) is 8.68. The first-order chi connectivity index (χ1) is 7.31. The second-order valence-corrected chi connectivity index (χ2v) is 3.02. The third-order valence-corrected chi connectivity index (χ3v) is 2.14. The monoisotopic (exact) mass is 206 g/mol. The summed E-state index contributed by atoms with van der Waals surface area (Å²) in [7, 11) is 0. The number of rotatable bonds is 5. The Morgan fingerprint density at radius 2 is 2.07 bits per heavy atom. The van der Waals surface area contributed by atoms with E-state index in [-0.39, 0.29) is 6.61 Å². The van der Waals surface area contributed by atoms with Crippen molar-refractivity contribution in [2.45, 2.75) is 6.92 Å². The highest BCUT2D eigenvalue weighted by atomic mass is 16.3. The Kier molecular flexibility index (Phi) is 4.54. The van der Waals surface area contributed by atoms with Crippen molar-refractivity contribution in [1.29, 1.82) is 0 Å². The number of aliphatic imine (C=N–C) groups is 1. The van der Waals surface area contributed by atoms with Crippen LogP contribution in [0.1, 0.15) is 6.92 Å². The predicted octanol–water partition coefficient (Wildman–Crippen LogP) is 1.47. The molecule has 0 radical (unpaired) electrons. The quantitative estimate of drug-likeness (QED) is 0.586. The number of nitrogens with zero attached hydrogens (tertiary/aromatic N) is 2. The summed E-state index contributed by atoms with van der Waals surface area (Å²) in [6.45, 7) is 3.58. The smallest absolute Gasteiger partial charge is 0.240 e. The Labute approximate surface area is 88.9 Å². The molecule has 1 aromatic rings. The third kappa shape index (κ3) is 3.20. The van der Waals surface area contributed by atoms with Crippen molar-refractivity contribution >= 4 is 17.5 Å². The third-order valence-electron chi connectivity index (χ3n) is 2.14. The van der Waals surface area contributed by atoms with Crippen LogP contribution in [-0.2, 0) is 4.79 Å². The summed E-state index contributed by atoms with van der Waals surface area (Å²) >= 11 is 0. The molecule has 0 aliphatic carbocycles. The minimum Gasteiger partial charge on any atom is -0.395 e. The molecule has 1 rings (SSSR count). The Morgan fingerprint density at radius 3 is 2.53 bits per heavy atom. The zero-order valence-electron chi connectivity index (χ0n) is 8.68. The van der Waals surface area contributed by atoms with Crippen LogP contribution in [0, 0.1) is 0 Å². The van der Waals surface area contributed by atoms with Crippen LogP contribution in [0.2, 0.25) is 0 Å². The summed E-state index contributed by atoms with van der Waals surface area (Å²) in [6, 6.07) is 7.24. The van der Waals surface area contributed by atoms with E-state index in [2.05, 4.69) is 4.99 Å². The Bertz CT molecular complexity index is 342. The summed E-state index contributed by atoms with van der Waals surface area (Å²) in [5, 5.41) is 8.86. The molecule has 0 spiro atoms. The molecule has 0 unspecified atom stereocenters. The lowest BCUT2D eigenvalue weighted by atomic mass is 10.2. The SMILES string of the molecule is CCN(CCO)c1ccc(N=C=O)cc1. The van der Waals surface area contributed by atoms with Gasteiger partial charge in [-0.15, -0.1) is 0 Å². The largest absolute Gasteiger partial charge is 0.395 e. The number of anilines is 1. The average molecular weight is 206 g/mol. The lowest BCUT2D eigenvalue weighted by molar-refractivity contribution is 0.302. The molecule has 0 aliphatic rings. The molecule has 80 valence electrons. The van der Waals surface area contributed by atoms with Crippen molar-refractivity contribution in [3.63, 3.8) is 0 Å². The topological polar surface area (TPSA) is 52.9 Å². The van der Waals surface area contributed by atoms with Crippen LogP contribution in [0.25, 0.3) is 0 Å². The van der Waals surface area contributed by atoms with Gasteiger partial charge in [-0.2, -0.15) is 4.99 Å². The van der Waals surface area contributed by atoms with Crippen molar-refractivity contribution in [3.05, 3.63) is 24.3 Å². The van der Waals surface area contributed by atoms with E-state index in [0.717, 1.165) is 12.2 Å². The molecule has 1 N–H and O–H groups in total. The number of benzene rings is 1. The minimum atomic E-state index is 0.127. The normalized spacial score (nSPS) is 9.47. The molecule has 0 fully saturated rings. The van der Waals surface area contributed by atoms with Crippen LogP contribution < -0.4 is 4.90 Å². The Morgan fingerprint density at radius 1 is 1.40 bits per heavy atom. The zero-order chi connectivity index (χ0) is 11.1. The van der Waals surface area contributed by atoms with Gasteiger partial charge in [0.05, 0.1) is 12.3 Å². The molecule has 4 heteroatoms. The fraction of sp³-hybridized carbons (Fsp3) is 0.364. The standard InChI is InChI=1S/C11H14N2O2/c1-2-13(7-8-14)11-5-3-10(4-6-11)12-9-15/h3-6,14H,2,7-8H2,1H3. The maximum Gasteiger partial charge on any atom is 0.240 e. The molecule has 0 saturated carbocycles. The molecule has 0 saturated heterocycles.